The molecule has 0 aliphatic carbocycles. The number of aromatic nitrogens is 1. The van der Waals surface area contributed by atoms with E-state index in [2.05, 4.69) is 10.3 Å². The molecule has 1 aliphatic rings. The smallest absolute Gasteiger partial charge is 0.246 e. The van der Waals surface area contributed by atoms with Gasteiger partial charge >= 0.3 is 0 Å². The predicted molar refractivity (Wildman–Crippen MR) is 115 cm³/mol. The van der Waals surface area contributed by atoms with Crippen molar-refractivity contribution in [2.45, 2.75) is 26.3 Å². The second-order valence-corrected chi connectivity index (χ2v) is 7.00. The topological polar surface area (TPSA) is 75.4 Å². The minimum atomic E-state index is -0.120. The number of benzene rings is 1. The Morgan fingerprint density at radius 1 is 1.31 bits per heavy atom. The lowest BCUT2D eigenvalue weighted by molar-refractivity contribution is -0.125. The van der Waals surface area contributed by atoms with Crippen LogP contribution in [-0.4, -0.2) is 28.7 Å². The van der Waals surface area contributed by atoms with Crippen LogP contribution in [0, 0.1) is 6.92 Å². The van der Waals surface area contributed by atoms with Crippen molar-refractivity contribution in [1.29, 1.82) is 0 Å². The fraction of sp³-hybridized carbons (Fsp3) is 0.227. The minimum Gasteiger partial charge on any atom is -0.459 e. The van der Waals surface area contributed by atoms with E-state index in [1.54, 1.807) is 24.2 Å². The van der Waals surface area contributed by atoms with E-state index in [0.29, 0.717) is 25.2 Å². The number of fused-ring (bicyclic) bond motifs is 2. The predicted octanol–water partition coefficient (Wildman–Crippen LogP) is 4.11. The Kier molecular flexibility index (Phi) is 6.03. The standard InChI is InChI=1S/C22H21N3O3.ClH/c1-14-17-5-3-4-6-18(17)28-19(14)13-25(2)21(27)10-7-15-11-16-8-9-20(26)24-22(16)23-12-15;/h3-7,10-12H,8-9,13H2,1-2H3,(H,23,24,26);1H. The first kappa shape index (κ1) is 20.6. The minimum absolute atomic E-state index is 0. The number of rotatable bonds is 4. The van der Waals surface area contributed by atoms with Crippen LogP contribution in [-0.2, 0) is 22.6 Å². The highest BCUT2D eigenvalue weighted by Crippen LogP contribution is 2.26. The first-order valence-corrected chi connectivity index (χ1v) is 9.20. The average Bonchev–Trinajstić information content (AvgIpc) is 3.01. The molecule has 0 bridgehead atoms. The van der Waals surface area contributed by atoms with Crippen LogP contribution in [0.25, 0.3) is 17.0 Å². The number of carbonyl (C=O) groups is 2. The maximum Gasteiger partial charge on any atom is 0.246 e. The number of pyridine rings is 1. The fourth-order valence-electron chi connectivity index (χ4n) is 3.33. The number of para-hydroxylation sites is 1. The van der Waals surface area contributed by atoms with Gasteiger partial charge in [-0.3, -0.25) is 9.59 Å². The summed E-state index contributed by atoms with van der Waals surface area (Å²) in [6.07, 6.45) is 6.05. The summed E-state index contributed by atoms with van der Waals surface area (Å²) in [5, 5.41) is 3.82. The number of hydrogen-bond acceptors (Lipinski definition) is 4. The number of aryl methyl sites for hydroxylation is 2. The number of carbonyl (C=O) groups excluding carboxylic acids is 2. The van der Waals surface area contributed by atoms with Gasteiger partial charge in [-0.15, -0.1) is 12.4 Å². The van der Waals surface area contributed by atoms with E-state index in [1.807, 2.05) is 37.3 Å². The third-order valence-electron chi connectivity index (χ3n) is 4.98. The van der Waals surface area contributed by atoms with E-state index < -0.39 is 0 Å². The van der Waals surface area contributed by atoms with E-state index in [-0.39, 0.29) is 24.2 Å². The van der Waals surface area contributed by atoms with Gasteiger partial charge in [-0.2, -0.15) is 0 Å². The highest BCUT2D eigenvalue weighted by Gasteiger charge is 2.16. The zero-order valence-corrected chi connectivity index (χ0v) is 17.1. The van der Waals surface area contributed by atoms with Crippen molar-refractivity contribution in [2.75, 3.05) is 12.4 Å². The second kappa shape index (κ2) is 8.49. The molecule has 4 rings (SSSR count). The number of furan rings is 1. The quantitative estimate of drug-likeness (QED) is 0.655. The van der Waals surface area contributed by atoms with Gasteiger partial charge in [0.25, 0.3) is 0 Å². The van der Waals surface area contributed by atoms with Crippen LogP contribution in [0.1, 0.15) is 28.9 Å². The molecule has 7 heteroatoms. The van der Waals surface area contributed by atoms with Crippen molar-refractivity contribution in [1.82, 2.24) is 9.88 Å². The maximum atomic E-state index is 12.5. The molecule has 0 atom stereocenters. The van der Waals surface area contributed by atoms with Gasteiger partial charge in [0.05, 0.1) is 6.54 Å². The molecule has 1 N–H and O–H groups in total. The molecule has 3 aromatic rings. The zero-order chi connectivity index (χ0) is 19.7. The van der Waals surface area contributed by atoms with Gasteiger partial charge in [0.15, 0.2) is 0 Å². The number of anilines is 1. The van der Waals surface area contributed by atoms with E-state index >= 15 is 0 Å². The SMILES string of the molecule is Cc1c(CN(C)C(=O)C=Cc2cnc3c(c2)CCC(=O)N3)oc2ccccc12.Cl. The molecule has 0 saturated heterocycles. The Balaban J connectivity index is 0.00000240. The lowest BCUT2D eigenvalue weighted by Crippen LogP contribution is -2.24. The lowest BCUT2D eigenvalue weighted by atomic mass is 10.0. The molecular weight excluding hydrogens is 390 g/mol. The first-order valence-electron chi connectivity index (χ1n) is 9.20. The van der Waals surface area contributed by atoms with Gasteiger partial charge in [-0.05, 0) is 42.7 Å². The zero-order valence-electron chi connectivity index (χ0n) is 16.3. The Labute approximate surface area is 175 Å². The molecule has 2 amide bonds. The van der Waals surface area contributed by atoms with Crippen molar-refractivity contribution >= 4 is 47.1 Å². The molecule has 2 aromatic heterocycles. The molecule has 0 saturated carbocycles. The van der Waals surface area contributed by atoms with E-state index in [9.17, 15) is 9.59 Å². The average molecular weight is 412 g/mol. The molecule has 0 radical (unpaired) electrons. The summed E-state index contributed by atoms with van der Waals surface area (Å²) in [5.41, 5.74) is 3.70. The fourth-order valence-corrected chi connectivity index (χ4v) is 3.33. The first-order chi connectivity index (χ1) is 13.5. The van der Waals surface area contributed by atoms with Gasteiger partial charge in [0, 0.05) is 36.7 Å². The summed E-state index contributed by atoms with van der Waals surface area (Å²) in [7, 11) is 1.75. The van der Waals surface area contributed by atoms with E-state index in [0.717, 1.165) is 33.4 Å². The van der Waals surface area contributed by atoms with Crippen molar-refractivity contribution in [3.8, 4) is 0 Å². The van der Waals surface area contributed by atoms with Crippen LogP contribution in [0.3, 0.4) is 0 Å². The second-order valence-electron chi connectivity index (χ2n) is 7.00. The van der Waals surface area contributed by atoms with Crippen LogP contribution in [0.5, 0.6) is 0 Å². The van der Waals surface area contributed by atoms with Crippen molar-refractivity contribution < 1.29 is 14.0 Å². The maximum absolute atomic E-state index is 12.5. The number of amides is 2. The van der Waals surface area contributed by atoms with Crippen LogP contribution in [0.4, 0.5) is 5.82 Å². The molecule has 29 heavy (non-hydrogen) atoms. The molecular formula is C22H22ClN3O3. The molecule has 6 nitrogen and oxygen atoms in total. The Morgan fingerprint density at radius 3 is 2.90 bits per heavy atom. The molecule has 3 heterocycles. The highest BCUT2D eigenvalue weighted by molar-refractivity contribution is 5.94. The normalized spacial score (nSPS) is 13.1. The van der Waals surface area contributed by atoms with Crippen LogP contribution in [0.15, 0.2) is 47.0 Å². The monoisotopic (exact) mass is 411 g/mol. The molecule has 0 fully saturated rings. The number of nitrogens with zero attached hydrogens (tertiary/aromatic N) is 2. The van der Waals surface area contributed by atoms with Crippen molar-refractivity contribution in [3.63, 3.8) is 0 Å². The van der Waals surface area contributed by atoms with Crippen LogP contribution in [0.2, 0.25) is 0 Å². The number of halogens is 1. The van der Waals surface area contributed by atoms with Gasteiger partial charge < -0.3 is 14.6 Å². The molecule has 1 aromatic carbocycles. The van der Waals surface area contributed by atoms with Gasteiger partial charge in [-0.1, -0.05) is 18.2 Å². The van der Waals surface area contributed by atoms with E-state index in [1.165, 1.54) is 6.08 Å². The van der Waals surface area contributed by atoms with Gasteiger partial charge in [-0.25, -0.2) is 4.98 Å². The van der Waals surface area contributed by atoms with Gasteiger partial charge in [0.2, 0.25) is 11.8 Å². The Morgan fingerprint density at radius 2 is 2.10 bits per heavy atom. The summed E-state index contributed by atoms with van der Waals surface area (Å²) in [5.74, 6) is 1.26. The molecule has 0 unspecified atom stereocenters. The Hall–Kier alpha value is -3.12. The van der Waals surface area contributed by atoms with Gasteiger partial charge in [0.1, 0.15) is 17.2 Å². The summed E-state index contributed by atoms with van der Waals surface area (Å²) in [4.78, 5) is 29.8. The molecule has 1 aliphatic heterocycles. The third kappa shape index (κ3) is 4.32. The van der Waals surface area contributed by atoms with Crippen molar-refractivity contribution in [3.05, 3.63) is 65.1 Å². The summed E-state index contributed by atoms with van der Waals surface area (Å²) in [6.45, 7) is 2.41. The highest BCUT2D eigenvalue weighted by atomic mass is 35.5. The summed E-state index contributed by atoms with van der Waals surface area (Å²) in [6, 6.07) is 9.81. The molecule has 0 spiro atoms. The largest absolute Gasteiger partial charge is 0.459 e. The summed E-state index contributed by atoms with van der Waals surface area (Å²) < 4.78 is 5.89. The number of hydrogen-bond donors (Lipinski definition) is 1. The van der Waals surface area contributed by atoms with Crippen LogP contribution >= 0.6 is 12.4 Å². The van der Waals surface area contributed by atoms with Crippen molar-refractivity contribution in [2.24, 2.45) is 0 Å². The Bertz CT molecular complexity index is 1100. The summed E-state index contributed by atoms with van der Waals surface area (Å²) >= 11 is 0. The van der Waals surface area contributed by atoms with E-state index in [4.69, 9.17) is 4.42 Å². The third-order valence-corrected chi connectivity index (χ3v) is 4.98. The number of likely N-dealkylation sites (N-methyl/N-ethyl adjacent to an activating group) is 1. The molecule has 150 valence electrons. The number of nitrogens with one attached hydrogen (secondary N) is 1. The lowest BCUT2D eigenvalue weighted by Gasteiger charge is -2.16. The van der Waals surface area contributed by atoms with Crippen LogP contribution < -0.4 is 5.32 Å².